The first kappa shape index (κ1) is 24.2. The van der Waals surface area contributed by atoms with Gasteiger partial charge < -0.3 is 10.6 Å². The van der Waals surface area contributed by atoms with E-state index in [4.69, 9.17) is 0 Å². The van der Waals surface area contributed by atoms with E-state index in [2.05, 4.69) is 41.1 Å². The molecular formula is C14H33IN4O2S. The second kappa shape index (κ2) is 10.6. The van der Waals surface area contributed by atoms with E-state index in [9.17, 15) is 8.42 Å². The molecule has 0 amide bonds. The summed E-state index contributed by atoms with van der Waals surface area (Å²) in [4.78, 5) is 4.17. The first-order chi connectivity index (χ1) is 9.45. The summed E-state index contributed by atoms with van der Waals surface area (Å²) in [6.07, 6.45) is 3.39. The Morgan fingerprint density at radius 3 is 2.14 bits per heavy atom. The van der Waals surface area contributed by atoms with Crippen molar-refractivity contribution in [2.75, 3.05) is 19.8 Å². The Morgan fingerprint density at radius 2 is 1.73 bits per heavy atom. The number of aliphatic imine (C=N–C) groups is 1. The minimum atomic E-state index is -3.23. The maximum Gasteiger partial charge on any atom is 0.209 e. The van der Waals surface area contributed by atoms with Crippen molar-refractivity contribution in [2.24, 2.45) is 10.9 Å². The fraction of sp³-hybridized carbons (Fsp3) is 0.929. The van der Waals surface area contributed by atoms with Crippen molar-refractivity contribution >= 4 is 40.0 Å². The standard InChI is InChI=1S/C14H32N4O2S.HI/c1-11(2)8-9-12(3)17-13(15-6)16-10-14(4,5)18-21(7,19)20;/h11-12,18H,8-10H2,1-7H3,(H2,15,16,17);1H. The van der Waals surface area contributed by atoms with Gasteiger partial charge in [-0.1, -0.05) is 13.8 Å². The number of guanidine groups is 1. The Morgan fingerprint density at radius 1 is 1.18 bits per heavy atom. The third kappa shape index (κ3) is 13.6. The average molecular weight is 448 g/mol. The van der Waals surface area contributed by atoms with Gasteiger partial charge in [-0.15, -0.1) is 24.0 Å². The summed E-state index contributed by atoms with van der Waals surface area (Å²) in [7, 11) is -1.52. The van der Waals surface area contributed by atoms with Gasteiger partial charge in [0.25, 0.3) is 0 Å². The van der Waals surface area contributed by atoms with Gasteiger partial charge in [-0.3, -0.25) is 4.99 Å². The average Bonchev–Trinajstić information content (AvgIpc) is 2.28. The minimum absolute atomic E-state index is 0. The number of rotatable bonds is 8. The highest BCUT2D eigenvalue weighted by Crippen LogP contribution is 2.06. The number of hydrogen-bond donors (Lipinski definition) is 3. The summed E-state index contributed by atoms with van der Waals surface area (Å²) < 4.78 is 25.2. The van der Waals surface area contributed by atoms with Crippen molar-refractivity contribution < 1.29 is 8.42 Å². The highest BCUT2D eigenvalue weighted by atomic mass is 127. The van der Waals surface area contributed by atoms with Crippen molar-refractivity contribution in [3.05, 3.63) is 0 Å². The number of hydrogen-bond acceptors (Lipinski definition) is 3. The second-order valence-electron chi connectivity index (χ2n) is 6.70. The molecule has 0 aliphatic heterocycles. The van der Waals surface area contributed by atoms with Gasteiger partial charge in [-0.25, -0.2) is 13.1 Å². The molecule has 0 aliphatic rings. The lowest BCUT2D eigenvalue weighted by atomic mass is 10.0. The summed E-state index contributed by atoms with van der Waals surface area (Å²) in [5.74, 6) is 1.37. The highest BCUT2D eigenvalue weighted by Gasteiger charge is 2.22. The molecule has 0 radical (unpaired) electrons. The van der Waals surface area contributed by atoms with Crippen molar-refractivity contribution in [1.29, 1.82) is 0 Å². The summed E-state index contributed by atoms with van der Waals surface area (Å²) in [5, 5.41) is 6.48. The van der Waals surface area contributed by atoms with Crippen LogP contribution in [0.25, 0.3) is 0 Å². The Hall–Kier alpha value is -0.0900. The van der Waals surface area contributed by atoms with E-state index in [0.717, 1.165) is 19.1 Å². The molecule has 0 heterocycles. The van der Waals surface area contributed by atoms with Gasteiger partial charge in [0, 0.05) is 25.2 Å². The number of halogens is 1. The van der Waals surface area contributed by atoms with E-state index >= 15 is 0 Å². The summed E-state index contributed by atoms with van der Waals surface area (Å²) in [5.41, 5.74) is -0.577. The Labute approximate surface area is 153 Å². The molecular weight excluding hydrogens is 415 g/mol. The number of nitrogens with zero attached hydrogens (tertiary/aromatic N) is 1. The molecule has 0 aromatic heterocycles. The number of nitrogens with one attached hydrogen (secondary N) is 3. The minimum Gasteiger partial charge on any atom is -0.355 e. The lowest BCUT2D eigenvalue weighted by Gasteiger charge is -2.27. The molecule has 0 fully saturated rings. The molecule has 134 valence electrons. The second-order valence-corrected chi connectivity index (χ2v) is 8.45. The first-order valence-electron chi connectivity index (χ1n) is 7.41. The summed E-state index contributed by atoms with van der Waals surface area (Å²) >= 11 is 0. The van der Waals surface area contributed by atoms with E-state index in [0.29, 0.717) is 24.5 Å². The van der Waals surface area contributed by atoms with Gasteiger partial charge in [-0.05, 0) is 39.5 Å². The van der Waals surface area contributed by atoms with E-state index in [-0.39, 0.29) is 24.0 Å². The van der Waals surface area contributed by atoms with Gasteiger partial charge in [0.2, 0.25) is 10.0 Å². The van der Waals surface area contributed by atoms with E-state index < -0.39 is 15.6 Å². The van der Waals surface area contributed by atoms with E-state index in [1.165, 1.54) is 0 Å². The molecule has 0 saturated heterocycles. The maximum atomic E-state index is 11.3. The van der Waals surface area contributed by atoms with Crippen LogP contribution >= 0.6 is 24.0 Å². The van der Waals surface area contributed by atoms with Crippen molar-refractivity contribution in [3.63, 3.8) is 0 Å². The number of sulfonamides is 1. The van der Waals surface area contributed by atoms with E-state index in [1.807, 2.05) is 13.8 Å². The third-order valence-corrected chi connectivity index (χ3v) is 3.87. The topological polar surface area (TPSA) is 82.6 Å². The van der Waals surface area contributed by atoms with Gasteiger partial charge in [-0.2, -0.15) is 0 Å². The van der Waals surface area contributed by atoms with Crippen molar-refractivity contribution in [2.45, 2.75) is 59.0 Å². The SMILES string of the molecule is CN=C(NCC(C)(C)NS(C)(=O)=O)NC(C)CCC(C)C.I. The predicted molar refractivity (Wildman–Crippen MR) is 106 cm³/mol. The Balaban J connectivity index is 0. The summed E-state index contributed by atoms with van der Waals surface area (Å²) in [6, 6.07) is 0.324. The lowest BCUT2D eigenvalue weighted by Crippen LogP contribution is -2.53. The molecule has 0 bridgehead atoms. The molecule has 0 rings (SSSR count). The van der Waals surface area contributed by atoms with Crippen molar-refractivity contribution in [1.82, 2.24) is 15.4 Å². The van der Waals surface area contributed by atoms with Crippen LogP contribution in [0.4, 0.5) is 0 Å². The quantitative estimate of drug-likeness (QED) is 0.301. The van der Waals surface area contributed by atoms with Crippen LogP contribution in [-0.4, -0.2) is 45.8 Å². The zero-order valence-electron chi connectivity index (χ0n) is 14.9. The van der Waals surface area contributed by atoms with Gasteiger partial charge >= 0.3 is 0 Å². The van der Waals surface area contributed by atoms with Crippen LogP contribution in [0.3, 0.4) is 0 Å². The summed E-state index contributed by atoms with van der Waals surface area (Å²) in [6.45, 7) is 10.6. The zero-order valence-corrected chi connectivity index (χ0v) is 18.0. The largest absolute Gasteiger partial charge is 0.355 e. The molecule has 0 aliphatic carbocycles. The van der Waals surface area contributed by atoms with E-state index in [1.54, 1.807) is 7.05 Å². The van der Waals surface area contributed by atoms with Gasteiger partial charge in [0.1, 0.15) is 0 Å². The molecule has 0 aromatic carbocycles. The normalized spacial score (nSPS) is 14.5. The Bertz CT molecular complexity index is 436. The maximum absolute atomic E-state index is 11.3. The molecule has 1 atom stereocenters. The van der Waals surface area contributed by atoms with Gasteiger partial charge in [0.15, 0.2) is 5.96 Å². The van der Waals surface area contributed by atoms with Gasteiger partial charge in [0.05, 0.1) is 6.26 Å². The first-order valence-corrected chi connectivity index (χ1v) is 9.30. The third-order valence-electron chi connectivity index (χ3n) is 2.94. The fourth-order valence-corrected chi connectivity index (χ4v) is 3.00. The molecule has 1 unspecified atom stereocenters. The predicted octanol–water partition coefficient (Wildman–Crippen LogP) is 1.92. The monoisotopic (exact) mass is 448 g/mol. The molecule has 0 spiro atoms. The van der Waals surface area contributed by atoms with Crippen LogP contribution in [0.5, 0.6) is 0 Å². The molecule has 0 aromatic rings. The molecule has 8 heteroatoms. The van der Waals surface area contributed by atoms with Crippen LogP contribution in [0.2, 0.25) is 0 Å². The highest BCUT2D eigenvalue weighted by molar-refractivity contribution is 14.0. The van der Waals surface area contributed by atoms with Crippen molar-refractivity contribution in [3.8, 4) is 0 Å². The molecule has 22 heavy (non-hydrogen) atoms. The van der Waals surface area contributed by atoms with Crippen LogP contribution in [0.15, 0.2) is 4.99 Å². The van der Waals surface area contributed by atoms with Crippen LogP contribution < -0.4 is 15.4 Å². The molecule has 0 saturated carbocycles. The fourth-order valence-electron chi connectivity index (χ4n) is 1.93. The smallest absolute Gasteiger partial charge is 0.209 e. The van der Waals surface area contributed by atoms with Crippen LogP contribution in [0.1, 0.15) is 47.5 Å². The zero-order chi connectivity index (χ0) is 16.7. The lowest BCUT2D eigenvalue weighted by molar-refractivity contribution is 0.441. The Kier molecular flexibility index (Phi) is 11.7. The van der Waals surface area contributed by atoms with Crippen LogP contribution in [0, 0.1) is 5.92 Å². The molecule has 3 N–H and O–H groups in total. The molecule has 6 nitrogen and oxygen atoms in total. The van der Waals surface area contributed by atoms with Crippen LogP contribution in [-0.2, 0) is 10.0 Å².